The quantitative estimate of drug-likeness (QED) is 0.780. The second kappa shape index (κ2) is 3.65. The van der Waals surface area contributed by atoms with Crippen molar-refractivity contribution in [3.8, 4) is 0 Å². The molecule has 1 heterocycles. The van der Waals surface area contributed by atoms with Crippen LogP contribution >= 0.6 is 0 Å². The van der Waals surface area contributed by atoms with Gasteiger partial charge in [0, 0.05) is 11.1 Å². The van der Waals surface area contributed by atoms with E-state index in [4.69, 9.17) is 4.74 Å². The first kappa shape index (κ1) is 11.2. The molecule has 0 radical (unpaired) electrons. The molecule has 1 aromatic heterocycles. The Kier molecular flexibility index (Phi) is 2.56. The third kappa shape index (κ3) is 1.99. The average Bonchev–Trinajstić information content (AvgIpc) is 2.94. The molecule has 1 saturated carbocycles. The molecule has 0 spiro atoms. The first-order valence-corrected chi connectivity index (χ1v) is 5.75. The number of methoxy groups -OCH3 is 1. The first-order chi connectivity index (χ1) is 7.43. The molecule has 1 aliphatic rings. The zero-order chi connectivity index (χ0) is 11.9. The number of carbonyl (C=O) groups excluding carboxylic acids is 1. The van der Waals surface area contributed by atoms with E-state index in [-0.39, 0.29) is 11.4 Å². The highest BCUT2D eigenvalue weighted by molar-refractivity contribution is 5.88. The van der Waals surface area contributed by atoms with Crippen LogP contribution < -0.4 is 0 Å². The molecule has 3 nitrogen and oxygen atoms in total. The van der Waals surface area contributed by atoms with E-state index in [0.29, 0.717) is 11.6 Å². The maximum absolute atomic E-state index is 11.5. The summed E-state index contributed by atoms with van der Waals surface area (Å²) in [6, 6.07) is 1.96. The molecule has 1 aliphatic carbocycles. The molecule has 0 atom stereocenters. The van der Waals surface area contributed by atoms with Crippen molar-refractivity contribution in [2.45, 2.75) is 44.9 Å². The molecule has 0 bridgehead atoms. The fraction of sp³-hybridized carbons (Fsp3) is 0.615. The number of carbonyl (C=O) groups is 1. The SMILES string of the molecule is COC(=O)c1cc(C2CC2)c(C(C)(C)C)[nH]1. The zero-order valence-electron chi connectivity index (χ0n) is 10.4. The van der Waals surface area contributed by atoms with Crippen LogP contribution in [0.15, 0.2) is 6.07 Å². The van der Waals surface area contributed by atoms with Crippen molar-refractivity contribution in [3.63, 3.8) is 0 Å². The highest BCUT2D eigenvalue weighted by Crippen LogP contribution is 2.44. The van der Waals surface area contributed by atoms with E-state index in [1.54, 1.807) is 0 Å². The van der Waals surface area contributed by atoms with Gasteiger partial charge < -0.3 is 9.72 Å². The molecular weight excluding hydrogens is 202 g/mol. The molecule has 0 aliphatic heterocycles. The molecule has 0 aromatic carbocycles. The summed E-state index contributed by atoms with van der Waals surface area (Å²) in [6.07, 6.45) is 2.48. The minimum Gasteiger partial charge on any atom is -0.464 e. The number of esters is 1. The predicted octanol–water partition coefficient (Wildman–Crippen LogP) is 2.98. The van der Waals surface area contributed by atoms with E-state index in [2.05, 4.69) is 25.8 Å². The van der Waals surface area contributed by atoms with Crippen LogP contribution in [0, 0.1) is 0 Å². The molecule has 0 amide bonds. The molecule has 2 rings (SSSR count). The monoisotopic (exact) mass is 221 g/mol. The van der Waals surface area contributed by atoms with E-state index in [1.807, 2.05) is 6.07 Å². The van der Waals surface area contributed by atoms with E-state index >= 15 is 0 Å². The third-order valence-electron chi connectivity index (χ3n) is 3.02. The Morgan fingerprint density at radius 1 is 1.44 bits per heavy atom. The number of aromatic nitrogens is 1. The summed E-state index contributed by atoms with van der Waals surface area (Å²) in [5, 5.41) is 0. The van der Waals surface area contributed by atoms with Gasteiger partial charge in [-0.15, -0.1) is 0 Å². The molecule has 1 aromatic rings. The highest BCUT2D eigenvalue weighted by atomic mass is 16.5. The molecule has 3 heteroatoms. The number of nitrogens with one attached hydrogen (secondary N) is 1. The van der Waals surface area contributed by atoms with Crippen LogP contribution in [0.3, 0.4) is 0 Å². The smallest absolute Gasteiger partial charge is 0.354 e. The lowest BCUT2D eigenvalue weighted by atomic mass is 9.88. The van der Waals surface area contributed by atoms with Crippen LogP contribution in [-0.4, -0.2) is 18.1 Å². The highest BCUT2D eigenvalue weighted by Gasteiger charge is 2.32. The van der Waals surface area contributed by atoms with Gasteiger partial charge in [-0.3, -0.25) is 0 Å². The van der Waals surface area contributed by atoms with Crippen molar-refractivity contribution < 1.29 is 9.53 Å². The minimum atomic E-state index is -0.280. The van der Waals surface area contributed by atoms with Gasteiger partial charge >= 0.3 is 5.97 Å². The summed E-state index contributed by atoms with van der Waals surface area (Å²) in [7, 11) is 1.41. The fourth-order valence-electron chi connectivity index (χ4n) is 2.03. The normalized spacial score (nSPS) is 16.2. The number of ether oxygens (including phenoxy) is 1. The molecular formula is C13H19NO2. The summed E-state index contributed by atoms with van der Waals surface area (Å²) >= 11 is 0. The second-order valence-electron chi connectivity index (χ2n) is 5.53. The van der Waals surface area contributed by atoms with Crippen molar-refractivity contribution >= 4 is 5.97 Å². The average molecular weight is 221 g/mol. The predicted molar refractivity (Wildman–Crippen MR) is 62.8 cm³/mol. The Hall–Kier alpha value is -1.25. The fourth-order valence-corrected chi connectivity index (χ4v) is 2.03. The van der Waals surface area contributed by atoms with Crippen molar-refractivity contribution in [2.24, 2.45) is 0 Å². The van der Waals surface area contributed by atoms with Crippen molar-refractivity contribution in [1.29, 1.82) is 0 Å². The lowest BCUT2D eigenvalue weighted by Crippen LogP contribution is -2.14. The van der Waals surface area contributed by atoms with Gasteiger partial charge in [0.2, 0.25) is 0 Å². The van der Waals surface area contributed by atoms with Gasteiger partial charge in [0.25, 0.3) is 0 Å². The van der Waals surface area contributed by atoms with Gasteiger partial charge in [0.1, 0.15) is 5.69 Å². The first-order valence-electron chi connectivity index (χ1n) is 5.75. The Balaban J connectivity index is 2.42. The topological polar surface area (TPSA) is 42.1 Å². The van der Waals surface area contributed by atoms with Gasteiger partial charge in [-0.1, -0.05) is 20.8 Å². The number of H-pyrrole nitrogens is 1. The maximum Gasteiger partial charge on any atom is 0.354 e. The summed E-state index contributed by atoms with van der Waals surface area (Å²) in [6.45, 7) is 6.48. The van der Waals surface area contributed by atoms with E-state index in [1.165, 1.54) is 31.2 Å². The van der Waals surface area contributed by atoms with Crippen molar-refractivity contribution in [3.05, 3.63) is 23.0 Å². The minimum absolute atomic E-state index is 0.0458. The van der Waals surface area contributed by atoms with Gasteiger partial charge in [0.05, 0.1) is 7.11 Å². The molecule has 0 saturated heterocycles. The van der Waals surface area contributed by atoms with E-state index < -0.39 is 0 Å². The van der Waals surface area contributed by atoms with Crippen LogP contribution in [0.25, 0.3) is 0 Å². The van der Waals surface area contributed by atoms with Crippen LogP contribution in [0.1, 0.15) is 61.3 Å². The number of hydrogen-bond acceptors (Lipinski definition) is 2. The van der Waals surface area contributed by atoms with E-state index in [9.17, 15) is 4.79 Å². The summed E-state index contributed by atoms with van der Waals surface area (Å²) < 4.78 is 4.75. The third-order valence-corrected chi connectivity index (χ3v) is 3.02. The molecule has 0 unspecified atom stereocenters. The molecule has 16 heavy (non-hydrogen) atoms. The number of rotatable bonds is 2. The molecule has 1 fully saturated rings. The summed E-state index contributed by atoms with van der Waals surface area (Å²) in [5.74, 6) is 0.362. The number of hydrogen-bond donors (Lipinski definition) is 1. The van der Waals surface area contributed by atoms with Gasteiger partial charge in [-0.25, -0.2) is 4.79 Å². The summed E-state index contributed by atoms with van der Waals surface area (Å²) in [4.78, 5) is 14.7. The molecule has 1 N–H and O–H groups in total. The van der Waals surface area contributed by atoms with Crippen LogP contribution in [0.5, 0.6) is 0 Å². The van der Waals surface area contributed by atoms with Crippen LogP contribution in [0.2, 0.25) is 0 Å². The second-order valence-corrected chi connectivity index (χ2v) is 5.53. The van der Waals surface area contributed by atoms with Crippen molar-refractivity contribution in [1.82, 2.24) is 4.98 Å². The zero-order valence-corrected chi connectivity index (χ0v) is 10.4. The Morgan fingerprint density at radius 3 is 2.50 bits per heavy atom. The van der Waals surface area contributed by atoms with Crippen LogP contribution in [-0.2, 0) is 10.2 Å². The maximum atomic E-state index is 11.5. The van der Waals surface area contributed by atoms with Crippen LogP contribution in [0.4, 0.5) is 0 Å². The molecule has 88 valence electrons. The summed E-state index contributed by atoms with van der Waals surface area (Å²) in [5.41, 5.74) is 3.10. The lowest BCUT2D eigenvalue weighted by Gasteiger charge is -2.19. The lowest BCUT2D eigenvalue weighted by molar-refractivity contribution is 0.0594. The Labute approximate surface area is 96.2 Å². The van der Waals surface area contributed by atoms with Crippen molar-refractivity contribution in [2.75, 3.05) is 7.11 Å². The number of aromatic amines is 1. The standard InChI is InChI=1S/C13H19NO2/c1-13(2,3)11-9(8-5-6-8)7-10(14-11)12(15)16-4/h7-8,14H,5-6H2,1-4H3. The van der Waals surface area contributed by atoms with Gasteiger partial charge in [-0.2, -0.15) is 0 Å². The Morgan fingerprint density at radius 2 is 2.06 bits per heavy atom. The largest absolute Gasteiger partial charge is 0.464 e. The Bertz CT molecular complexity index is 408. The van der Waals surface area contributed by atoms with Gasteiger partial charge in [-0.05, 0) is 30.4 Å². The van der Waals surface area contributed by atoms with E-state index in [0.717, 1.165) is 0 Å². The van der Waals surface area contributed by atoms with Gasteiger partial charge in [0.15, 0.2) is 0 Å².